The maximum Gasteiger partial charge on any atom is 0.145 e. The van der Waals surface area contributed by atoms with Gasteiger partial charge in [-0.15, -0.1) is 0 Å². The molecular formula is C42H43N3O. The standard InChI is InChI=1S/C42H43N3O/c1-25(2)28-17-12-18-29(26(3)4)39(28)45-24-35(44-40(45)31-19-11-15-27-14-9-10-16-30(27)31)34-23-22-33-38(43-34)37-32(20-13-21-36(37)46)41(5,6)42(33,7)8/h9-26,46H,1-8H3. The Morgan fingerprint density at radius 2 is 1.26 bits per heavy atom. The Morgan fingerprint density at radius 1 is 0.630 bits per heavy atom. The van der Waals surface area contributed by atoms with E-state index in [-0.39, 0.29) is 16.6 Å². The average Bonchev–Trinajstić information content (AvgIpc) is 3.48. The quantitative estimate of drug-likeness (QED) is 0.213. The fraction of sp³-hybridized carbons (Fsp3) is 0.286. The molecule has 0 saturated heterocycles. The molecule has 0 amide bonds. The van der Waals surface area contributed by atoms with E-state index in [0.29, 0.717) is 11.8 Å². The second kappa shape index (κ2) is 10.7. The number of imidazole rings is 1. The van der Waals surface area contributed by atoms with Crippen LogP contribution in [0, 0.1) is 0 Å². The highest BCUT2D eigenvalue weighted by molar-refractivity contribution is 5.96. The van der Waals surface area contributed by atoms with Crippen molar-refractivity contribution in [2.45, 2.75) is 78.1 Å². The number of rotatable bonds is 5. The molecule has 7 rings (SSSR count). The summed E-state index contributed by atoms with van der Waals surface area (Å²) >= 11 is 0. The highest BCUT2D eigenvalue weighted by atomic mass is 16.3. The number of aromatic hydroxyl groups is 1. The van der Waals surface area contributed by atoms with E-state index in [2.05, 4.69) is 145 Å². The maximum atomic E-state index is 11.2. The van der Waals surface area contributed by atoms with Crippen LogP contribution in [0.5, 0.6) is 5.75 Å². The van der Waals surface area contributed by atoms with Gasteiger partial charge in [-0.25, -0.2) is 9.97 Å². The van der Waals surface area contributed by atoms with Gasteiger partial charge in [0.25, 0.3) is 0 Å². The molecule has 0 atom stereocenters. The van der Waals surface area contributed by atoms with Crippen molar-refractivity contribution in [3.8, 4) is 45.5 Å². The number of phenolic OH excluding ortho intramolecular Hbond substituents is 1. The number of para-hydroxylation sites is 1. The molecule has 46 heavy (non-hydrogen) atoms. The molecule has 1 N–H and O–H groups in total. The Labute approximate surface area is 272 Å². The maximum absolute atomic E-state index is 11.2. The summed E-state index contributed by atoms with van der Waals surface area (Å²) in [7, 11) is 0. The first-order valence-corrected chi connectivity index (χ1v) is 16.5. The van der Waals surface area contributed by atoms with Crippen molar-refractivity contribution < 1.29 is 5.11 Å². The Morgan fingerprint density at radius 3 is 1.98 bits per heavy atom. The highest BCUT2D eigenvalue weighted by Gasteiger charge is 2.47. The van der Waals surface area contributed by atoms with Crippen LogP contribution in [0.25, 0.3) is 50.5 Å². The summed E-state index contributed by atoms with van der Waals surface area (Å²) in [5, 5.41) is 13.6. The summed E-state index contributed by atoms with van der Waals surface area (Å²) in [6.07, 6.45) is 2.17. The Hall–Kier alpha value is -4.70. The molecule has 2 heterocycles. The highest BCUT2D eigenvalue weighted by Crippen LogP contribution is 2.55. The van der Waals surface area contributed by atoms with Gasteiger partial charge in [-0.2, -0.15) is 0 Å². The first-order valence-electron chi connectivity index (χ1n) is 16.5. The van der Waals surface area contributed by atoms with Crippen LogP contribution in [-0.2, 0) is 10.8 Å². The largest absolute Gasteiger partial charge is 0.507 e. The third-order valence-electron chi connectivity index (χ3n) is 10.7. The van der Waals surface area contributed by atoms with Crippen LogP contribution >= 0.6 is 0 Å². The molecule has 0 bridgehead atoms. The van der Waals surface area contributed by atoms with Crippen LogP contribution in [0.1, 0.15) is 89.5 Å². The van der Waals surface area contributed by atoms with Crippen molar-refractivity contribution in [3.63, 3.8) is 0 Å². The van der Waals surface area contributed by atoms with Crippen molar-refractivity contribution in [1.29, 1.82) is 0 Å². The van der Waals surface area contributed by atoms with Crippen LogP contribution < -0.4 is 0 Å². The molecule has 0 aliphatic heterocycles. The molecule has 0 unspecified atom stereocenters. The molecule has 0 radical (unpaired) electrons. The zero-order valence-corrected chi connectivity index (χ0v) is 28.2. The van der Waals surface area contributed by atoms with E-state index in [0.717, 1.165) is 50.5 Å². The van der Waals surface area contributed by atoms with E-state index in [1.807, 2.05) is 6.07 Å². The van der Waals surface area contributed by atoms with Crippen molar-refractivity contribution in [2.24, 2.45) is 0 Å². The molecule has 4 heteroatoms. The molecule has 4 aromatic carbocycles. The van der Waals surface area contributed by atoms with Gasteiger partial charge in [0.05, 0.1) is 17.1 Å². The number of aromatic nitrogens is 3. The van der Waals surface area contributed by atoms with Crippen molar-refractivity contribution in [2.75, 3.05) is 0 Å². The van der Waals surface area contributed by atoms with Crippen LogP contribution in [0.2, 0.25) is 0 Å². The number of fused-ring (bicyclic) bond motifs is 4. The third-order valence-corrected chi connectivity index (χ3v) is 10.7. The second-order valence-corrected chi connectivity index (χ2v) is 14.5. The normalized spacial score (nSPS) is 14.9. The number of phenols is 1. The van der Waals surface area contributed by atoms with Gasteiger partial charge in [-0.05, 0) is 62.4 Å². The lowest BCUT2D eigenvalue weighted by Gasteiger charge is -2.47. The van der Waals surface area contributed by atoms with Crippen molar-refractivity contribution in [1.82, 2.24) is 14.5 Å². The number of nitrogens with zero attached hydrogens (tertiary/aromatic N) is 3. The number of hydrogen-bond acceptors (Lipinski definition) is 3. The summed E-state index contributed by atoms with van der Waals surface area (Å²) in [6, 6.07) is 31.8. The molecule has 2 aromatic heterocycles. The van der Waals surface area contributed by atoms with Gasteiger partial charge in [-0.3, -0.25) is 4.57 Å². The van der Waals surface area contributed by atoms with E-state index in [1.165, 1.54) is 22.2 Å². The van der Waals surface area contributed by atoms with E-state index in [4.69, 9.17) is 9.97 Å². The minimum atomic E-state index is -0.204. The predicted molar refractivity (Wildman–Crippen MR) is 191 cm³/mol. The van der Waals surface area contributed by atoms with Crippen LogP contribution in [0.3, 0.4) is 0 Å². The van der Waals surface area contributed by atoms with Crippen molar-refractivity contribution >= 4 is 10.8 Å². The lowest BCUT2D eigenvalue weighted by atomic mass is 9.56. The number of benzene rings is 4. The fourth-order valence-corrected chi connectivity index (χ4v) is 7.35. The minimum Gasteiger partial charge on any atom is -0.507 e. The van der Waals surface area contributed by atoms with Gasteiger partial charge in [0.15, 0.2) is 0 Å². The Kier molecular flexibility index (Phi) is 6.97. The molecule has 6 aromatic rings. The third kappa shape index (κ3) is 4.41. The number of pyridine rings is 1. The molecular weight excluding hydrogens is 562 g/mol. The van der Waals surface area contributed by atoms with E-state index in [1.54, 1.807) is 6.07 Å². The molecule has 232 valence electrons. The van der Waals surface area contributed by atoms with E-state index < -0.39 is 0 Å². The summed E-state index contributed by atoms with van der Waals surface area (Å²) in [6.45, 7) is 18.1. The summed E-state index contributed by atoms with van der Waals surface area (Å²) in [5.74, 6) is 1.81. The first-order chi connectivity index (χ1) is 21.9. The topological polar surface area (TPSA) is 50.9 Å². The summed E-state index contributed by atoms with van der Waals surface area (Å²) in [5.41, 5.74) is 9.95. The second-order valence-electron chi connectivity index (χ2n) is 14.5. The Bertz CT molecular complexity index is 2100. The number of hydrogen-bond donors (Lipinski definition) is 1. The van der Waals surface area contributed by atoms with E-state index >= 15 is 0 Å². The smallest absolute Gasteiger partial charge is 0.145 e. The van der Waals surface area contributed by atoms with Gasteiger partial charge in [0.1, 0.15) is 17.3 Å². The predicted octanol–water partition coefficient (Wildman–Crippen LogP) is 10.9. The molecule has 1 aliphatic rings. The lowest BCUT2D eigenvalue weighted by Crippen LogP contribution is -2.43. The van der Waals surface area contributed by atoms with Gasteiger partial charge in [-0.1, -0.05) is 134 Å². The summed E-state index contributed by atoms with van der Waals surface area (Å²) < 4.78 is 2.31. The van der Waals surface area contributed by atoms with Gasteiger partial charge < -0.3 is 5.11 Å². The van der Waals surface area contributed by atoms with Gasteiger partial charge in [0.2, 0.25) is 0 Å². The van der Waals surface area contributed by atoms with Crippen molar-refractivity contribution in [3.05, 3.63) is 119 Å². The fourth-order valence-electron chi connectivity index (χ4n) is 7.35. The average molecular weight is 606 g/mol. The molecule has 1 aliphatic carbocycles. The molecule has 0 saturated carbocycles. The molecule has 0 fully saturated rings. The monoisotopic (exact) mass is 605 g/mol. The minimum absolute atomic E-state index is 0.200. The zero-order valence-electron chi connectivity index (χ0n) is 28.2. The lowest BCUT2D eigenvalue weighted by molar-refractivity contribution is 0.296. The Balaban J connectivity index is 1.53. The SMILES string of the molecule is CC(C)c1cccc(C(C)C)c1-n1cc(-c2ccc3c(n2)-c2c(O)cccc2C(C)(C)C3(C)C)nc1-c1cccc2ccccc12. The summed E-state index contributed by atoms with van der Waals surface area (Å²) in [4.78, 5) is 10.7. The van der Waals surface area contributed by atoms with Gasteiger partial charge in [0, 0.05) is 22.7 Å². The van der Waals surface area contributed by atoms with Crippen LogP contribution in [0.4, 0.5) is 0 Å². The first kappa shape index (κ1) is 30.0. The molecule has 4 nitrogen and oxygen atoms in total. The van der Waals surface area contributed by atoms with E-state index in [9.17, 15) is 5.11 Å². The van der Waals surface area contributed by atoms with Gasteiger partial charge >= 0.3 is 0 Å². The molecule has 0 spiro atoms. The van der Waals surface area contributed by atoms with Crippen LogP contribution in [-0.4, -0.2) is 19.6 Å². The zero-order chi connectivity index (χ0) is 32.5. The van der Waals surface area contributed by atoms with Crippen LogP contribution in [0.15, 0.2) is 97.2 Å².